The summed E-state index contributed by atoms with van der Waals surface area (Å²) in [7, 11) is 3.71. The number of nitrogens with one attached hydrogen (secondary N) is 1. The topological polar surface area (TPSA) is 35.6 Å². The molecule has 1 amide bonds. The van der Waals surface area contributed by atoms with Gasteiger partial charge in [-0.3, -0.25) is 9.69 Å². The predicted octanol–water partition coefficient (Wildman–Crippen LogP) is 1.46. The van der Waals surface area contributed by atoms with E-state index in [4.69, 9.17) is 0 Å². The third-order valence-electron chi connectivity index (χ3n) is 4.63. The van der Waals surface area contributed by atoms with Gasteiger partial charge < -0.3 is 10.2 Å². The lowest BCUT2D eigenvalue weighted by molar-refractivity contribution is -0.132. The van der Waals surface area contributed by atoms with Gasteiger partial charge in [0, 0.05) is 32.2 Å². The van der Waals surface area contributed by atoms with Gasteiger partial charge >= 0.3 is 0 Å². The van der Waals surface area contributed by atoms with E-state index in [1.807, 2.05) is 14.1 Å². The Balaban J connectivity index is 1.93. The lowest BCUT2D eigenvalue weighted by atomic mass is 9.81. The molecule has 1 N–H and O–H groups in total. The van der Waals surface area contributed by atoms with Gasteiger partial charge in [-0.2, -0.15) is 0 Å². The second kappa shape index (κ2) is 6.71. The molecule has 110 valence electrons. The molecule has 4 heteroatoms. The Kier molecular flexibility index (Phi) is 5.22. The highest BCUT2D eigenvalue weighted by atomic mass is 16.2. The van der Waals surface area contributed by atoms with Gasteiger partial charge in [0.1, 0.15) is 0 Å². The number of hydrogen-bond donors (Lipinski definition) is 1. The number of nitrogens with zero attached hydrogens (tertiary/aromatic N) is 2. The number of carbonyl (C=O) groups is 1. The normalized spacial score (nSPS) is 31.2. The van der Waals surface area contributed by atoms with Crippen molar-refractivity contribution in [2.75, 3.05) is 27.2 Å². The monoisotopic (exact) mass is 267 g/mol. The largest absolute Gasteiger partial charge is 0.348 e. The molecule has 19 heavy (non-hydrogen) atoms. The third kappa shape index (κ3) is 3.69. The molecule has 0 aromatic carbocycles. The molecule has 2 bridgehead atoms. The number of rotatable bonds is 5. The Hall–Kier alpha value is -0.610. The average molecular weight is 267 g/mol. The molecule has 2 fully saturated rings. The summed E-state index contributed by atoms with van der Waals surface area (Å²) in [5.41, 5.74) is 0. The summed E-state index contributed by atoms with van der Waals surface area (Å²) in [6, 6.07) is 1.90. The van der Waals surface area contributed by atoms with E-state index in [0.29, 0.717) is 24.7 Å². The maximum atomic E-state index is 12.0. The number of carbonyl (C=O) groups excluding carboxylic acids is 1. The molecule has 2 rings (SSSR count). The minimum Gasteiger partial charge on any atom is -0.348 e. The van der Waals surface area contributed by atoms with Gasteiger partial charge in [-0.15, -0.1) is 0 Å². The van der Waals surface area contributed by atoms with Gasteiger partial charge in [-0.1, -0.05) is 13.3 Å². The highest BCUT2D eigenvalue weighted by Crippen LogP contribution is 2.33. The zero-order valence-electron chi connectivity index (χ0n) is 12.7. The van der Waals surface area contributed by atoms with E-state index in [9.17, 15) is 4.79 Å². The summed E-state index contributed by atoms with van der Waals surface area (Å²) in [6.07, 6.45) is 7.51. The van der Waals surface area contributed by atoms with Crippen LogP contribution in [0.15, 0.2) is 0 Å². The standard InChI is InChI=1S/C15H29N3O/c1-4-8-16-12-9-13-6-5-7-14(10-12)18(13)11-15(19)17(2)3/h12-14,16H,4-11H2,1-3H3. The molecule has 2 atom stereocenters. The van der Waals surface area contributed by atoms with E-state index in [1.165, 1.54) is 38.5 Å². The van der Waals surface area contributed by atoms with E-state index < -0.39 is 0 Å². The van der Waals surface area contributed by atoms with Gasteiger partial charge in [-0.05, 0) is 38.6 Å². The van der Waals surface area contributed by atoms with E-state index in [2.05, 4.69) is 17.1 Å². The zero-order valence-corrected chi connectivity index (χ0v) is 12.7. The van der Waals surface area contributed by atoms with Gasteiger partial charge in [0.2, 0.25) is 5.91 Å². The summed E-state index contributed by atoms with van der Waals surface area (Å²) < 4.78 is 0. The first-order valence-electron chi connectivity index (χ1n) is 7.81. The fourth-order valence-corrected chi connectivity index (χ4v) is 3.55. The number of amides is 1. The zero-order chi connectivity index (χ0) is 13.8. The highest BCUT2D eigenvalue weighted by Gasteiger charge is 2.38. The lowest BCUT2D eigenvalue weighted by Gasteiger charge is -2.49. The Morgan fingerprint density at radius 1 is 1.26 bits per heavy atom. The van der Waals surface area contributed by atoms with Crippen LogP contribution >= 0.6 is 0 Å². The predicted molar refractivity (Wildman–Crippen MR) is 78.1 cm³/mol. The van der Waals surface area contributed by atoms with Crippen LogP contribution in [0.2, 0.25) is 0 Å². The molecular formula is C15H29N3O. The second-order valence-corrected chi connectivity index (χ2v) is 6.32. The molecule has 2 unspecified atom stereocenters. The molecule has 0 radical (unpaired) electrons. The van der Waals surface area contributed by atoms with Crippen LogP contribution in [0.5, 0.6) is 0 Å². The van der Waals surface area contributed by atoms with Crippen LogP contribution in [0.3, 0.4) is 0 Å². The minimum absolute atomic E-state index is 0.247. The SMILES string of the molecule is CCCNC1CC2CCCC(C1)N2CC(=O)N(C)C. The van der Waals surface area contributed by atoms with Crippen LogP contribution in [-0.2, 0) is 4.79 Å². The first-order valence-corrected chi connectivity index (χ1v) is 7.81. The lowest BCUT2D eigenvalue weighted by Crippen LogP contribution is -2.58. The molecule has 2 aliphatic heterocycles. The molecular weight excluding hydrogens is 238 g/mol. The summed E-state index contributed by atoms with van der Waals surface area (Å²) >= 11 is 0. The van der Waals surface area contributed by atoms with Gasteiger partial charge in [-0.25, -0.2) is 0 Å². The Morgan fingerprint density at radius 3 is 2.42 bits per heavy atom. The van der Waals surface area contributed by atoms with Crippen molar-refractivity contribution >= 4 is 5.91 Å². The summed E-state index contributed by atoms with van der Waals surface area (Å²) in [4.78, 5) is 16.2. The van der Waals surface area contributed by atoms with E-state index in [-0.39, 0.29) is 5.91 Å². The smallest absolute Gasteiger partial charge is 0.236 e. The molecule has 2 saturated heterocycles. The number of hydrogen-bond acceptors (Lipinski definition) is 3. The fourth-order valence-electron chi connectivity index (χ4n) is 3.55. The van der Waals surface area contributed by atoms with Crippen molar-refractivity contribution < 1.29 is 4.79 Å². The van der Waals surface area contributed by atoms with Crippen LogP contribution in [-0.4, -0.2) is 61.0 Å². The quantitative estimate of drug-likeness (QED) is 0.819. The fraction of sp³-hybridized carbons (Fsp3) is 0.933. The number of fused-ring (bicyclic) bond motifs is 2. The average Bonchev–Trinajstić information content (AvgIpc) is 2.36. The molecule has 0 spiro atoms. The maximum absolute atomic E-state index is 12.0. The molecule has 2 aliphatic rings. The number of piperidine rings is 2. The minimum atomic E-state index is 0.247. The van der Waals surface area contributed by atoms with Crippen molar-refractivity contribution in [3.05, 3.63) is 0 Å². The van der Waals surface area contributed by atoms with Crippen molar-refractivity contribution in [2.45, 2.75) is 63.6 Å². The van der Waals surface area contributed by atoms with Crippen molar-refractivity contribution in [2.24, 2.45) is 0 Å². The van der Waals surface area contributed by atoms with Crippen LogP contribution in [0, 0.1) is 0 Å². The molecule has 4 nitrogen and oxygen atoms in total. The molecule has 0 aromatic rings. The van der Waals surface area contributed by atoms with Gasteiger partial charge in [0.15, 0.2) is 0 Å². The van der Waals surface area contributed by atoms with Gasteiger partial charge in [0.05, 0.1) is 6.54 Å². The molecule has 0 aromatic heterocycles. The van der Waals surface area contributed by atoms with Crippen molar-refractivity contribution in [1.29, 1.82) is 0 Å². The Bertz CT molecular complexity index is 292. The summed E-state index contributed by atoms with van der Waals surface area (Å²) in [5.74, 6) is 0.247. The Labute approximate surface area is 117 Å². The van der Waals surface area contributed by atoms with Crippen LogP contribution in [0.4, 0.5) is 0 Å². The summed E-state index contributed by atoms with van der Waals surface area (Å²) in [5, 5.41) is 3.67. The third-order valence-corrected chi connectivity index (χ3v) is 4.63. The molecule has 0 saturated carbocycles. The van der Waals surface area contributed by atoms with E-state index in [1.54, 1.807) is 4.90 Å². The molecule has 2 heterocycles. The van der Waals surface area contributed by atoms with E-state index in [0.717, 1.165) is 6.54 Å². The Morgan fingerprint density at radius 2 is 1.89 bits per heavy atom. The van der Waals surface area contributed by atoms with Crippen molar-refractivity contribution in [3.63, 3.8) is 0 Å². The second-order valence-electron chi connectivity index (χ2n) is 6.32. The van der Waals surface area contributed by atoms with Gasteiger partial charge in [0.25, 0.3) is 0 Å². The van der Waals surface area contributed by atoms with Crippen molar-refractivity contribution in [1.82, 2.24) is 15.1 Å². The summed E-state index contributed by atoms with van der Waals surface area (Å²) in [6.45, 7) is 3.96. The van der Waals surface area contributed by atoms with Crippen LogP contribution in [0.1, 0.15) is 45.4 Å². The number of likely N-dealkylation sites (N-methyl/N-ethyl adjacent to an activating group) is 1. The van der Waals surface area contributed by atoms with E-state index >= 15 is 0 Å². The first kappa shape index (κ1) is 14.8. The highest BCUT2D eigenvalue weighted by molar-refractivity contribution is 5.77. The van der Waals surface area contributed by atoms with Crippen LogP contribution < -0.4 is 5.32 Å². The molecule has 0 aliphatic carbocycles. The first-order chi connectivity index (χ1) is 9.11. The van der Waals surface area contributed by atoms with Crippen LogP contribution in [0.25, 0.3) is 0 Å². The maximum Gasteiger partial charge on any atom is 0.236 e. The van der Waals surface area contributed by atoms with Crippen molar-refractivity contribution in [3.8, 4) is 0 Å².